The Morgan fingerprint density at radius 2 is 2.11 bits per heavy atom. The standard InChI is InChI=1S/C14H19N3O/c1-14(2,9-15)7-13(18)17-12-8-16-11-6-4-3-5-10(11)12/h3-6,8,16H,7,9,15H2,1-2H3,(H,17,18). The number of fused-ring (bicyclic) bond motifs is 1. The zero-order chi connectivity index (χ0) is 13.2. The van der Waals surface area contributed by atoms with Crippen LogP contribution in [0.3, 0.4) is 0 Å². The molecule has 0 aliphatic heterocycles. The number of nitrogens with two attached hydrogens (primary N) is 1. The van der Waals surface area contributed by atoms with Crippen LogP contribution < -0.4 is 11.1 Å². The Kier molecular flexibility index (Phi) is 3.39. The van der Waals surface area contributed by atoms with E-state index in [2.05, 4.69) is 10.3 Å². The van der Waals surface area contributed by atoms with Crippen molar-refractivity contribution in [2.75, 3.05) is 11.9 Å². The molecule has 4 nitrogen and oxygen atoms in total. The van der Waals surface area contributed by atoms with Crippen LogP contribution in [-0.2, 0) is 4.79 Å². The summed E-state index contributed by atoms with van der Waals surface area (Å²) in [4.78, 5) is 15.1. The monoisotopic (exact) mass is 245 g/mol. The van der Waals surface area contributed by atoms with Gasteiger partial charge < -0.3 is 16.0 Å². The molecule has 0 aliphatic rings. The third kappa shape index (κ3) is 2.71. The van der Waals surface area contributed by atoms with Gasteiger partial charge in [0.25, 0.3) is 0 Å². The molecule has 0 radical (unpaired) electrons. The van der Waals surface area contributed by atoms with Crippen molar-refractivity contribution in [3.05, 3.63) is 30.5 Å². The molecular formula is C14H19N3O. The lowest BCUT2D eigenvalue weighted by Gasteiger charge is -2.21. The molecule has 4 N–H and O–H groups in total. The number of aromatic nitrogens is 1. The number of H-pyrrole nitrogens is 1. The molecule has 2 rings (SSSR count). The second kappa shape index (κ2) is 4.82. The third-order valence-corrected chi connectivity index (χ3v) is 3.06. The van der Waals surface area contributed by atoms with Gasteiger partial charge in [0.2, 0.25) is 5.91 Å². The van der Waals surface area contributed by atoms with Crippen LogP contribution in [0, 0.1) is 5.41 Å². The van der Waals surface area contributed by atoms with Gasteiger partial charge in [-0.05, 0) is 18.0 Å². The average Bonchev–Trinajstić information content (AvgIpc) is 2.72. The molecule has 0 unspecified atom stereocenters. The molecule has 1 aromatic heterocycles. The van der Waals surface area contributed by atoms with Gasteiger partial charge in [0.1, 0.15) is 0 Å². The van der Waals surface area contributed by atoms with Crippen molar-refractivity contribution in [2.45, 2.75) is 20.3 Å². The van der Waals surface area contributed by atoms with Gasteiger partial charge in [-0.25, -0.2) is 0 Å². The fourth-order valence-corrected chi connectivity index (χ4v) is 1.88. The van der Waals surface area contributed by atoms with Crippen LogP contribution in [0.1, 0.15) is 20.3 Å². The first-order valence-corrected chi connectivity index (χ1v) is 6.08. The van der Waals surface area contributed by atoms with E-state index in [0.29, 0.717) is 13.0 Å². The zero-order valence-electron chi connectivity index (χ0n) is 10.8. The second-order valence-corrected chi connectivity index (χ2v) is 5.34. The van der Waals surface area contributed by atoms with Crippen LogP contribution in [0.5, 0.6) is 0 Å². The summed E-state index contributed by atoms with van der Waals surface area (Å²) in [5.74, 6) is -0.00444. The number of amides is 1. The van der Waals surface area contributed by atoms with Crippen LogP contribution in [0.2, 0.25) is 0 Å². The highest BCUT2D eigenvalue weighted by Gasteiger charge is 2.20. The molecule has 2 aromatic rings. The SMILES string of the molecule is CC(C)(CN)CC(=O)Nc1c[nH]c2ccccc12. The van der Waals surface area contributed by atoms with Crippen molar-refractivity contribution < 1.29 is 4.79 Å². The number of hydrogen-bond donors (Lipinski definition) is 3. The van der Waals surface area contributed by atoms with Crippen molar-refractivity contribution in [1.29, 1.82) is 0 Å². The summed E-state index contributed by atoms with van der Waals surface area (Å²) >= 11 is 0. The maximum Gasteiger partial charge on any atom is 0.225 e. The summed E-state index contributed by atoms with van der Waals surface area (Å²) < 4.78 is 0. The molecule has 0 fully saturated rings. The largest absolute Gasteiger partial charge is 0.359 e. The van der Waals surface area contributed by atoms with Gasteiger partial charge in [-0.3, -0.25) is 4.79 Å². The summed E-state index contributed by atoms with van der Waals surface area (Å²) in [5, 5.41) is 3.95. The first kappa shape index (κ1) is 12.6. The van der Waals surface area contributed by atoms with E-state index in [1.165, 1.54) is 0 Å². The summed E-state index contributed by atoms with van der Waals surface area (Å²) in [7, 11) is 0. The van der Waals surface area contributed by atoms with Gasteiger partial charge in [-0.1, -0.05) is 32.0 Å². The Hall–Kier alpha value is -1.81. The molecule has 0 spiro atoms. The van der Waals surface area contributed by atoms with Crippen molar-refractivity contribution in [2.24, 2.45) is 11.1 Å². The third-order valence-electron chi connectivity index (χ3n) is 3.06. The lowest BCUT2D eigenvalue weighted by atomic mass is 9.89. The molecule has 1 amide bonds. The molecule has 0 aliphatic carbocycles. The van der Waals surface area contributed by atoms with E-state index in [1.54, 1.807) is 0 Å². The first-order valence-electron chi connectivity index (χ1n) is 6.08. The van der Waals surface area contributed by atoms with E-state index >= 15 is 0 Å². The zero-order valence-corrected chi connectivity index (χ0v) is 10.8. The highest BCUT2D eigenvalue weighted by atomic mass is 16.1. The van der Waals surface area contributed by atoms with E-state index in [0.717, 1.165) is 16.6 Å². The molecule has 0 bridgehead atoms. The normalized spacial score (nSPS) is 11.7. The number of carbonyl (C=O) groups is 1. The molecule has 96 valence electrons. The number of hydrogen-bond acceptors (Lipinski definition) is 2. The van der Waals surface area contributed by atoms with Crippen LogP contribution >= 0.6 is 0 Å². The predicted octanol–water partition coefficient (Wildman–Crippen LogP) is 2.48. The van der Waals surface area contributed by atoms with E-state index in [9.17, 15) is 4.79 Å². The van der Waals surface area contributed by atoms with Gasteiger partial charge >= 0.3 is 0 Å². The second-order valence-electron chi connectivity index (χ2n) is 5.34. The van der Waals surface area contributed by atoms with Crippen molar-refractivity contribution in [3.63, 3.8) is 0 Å². The Balaban J connectivity index is 2.12. The number of carbonyl (C=O) groups excluding carboxylic acids is 1. The maximum absolute atomic E-state index is 11.9. The topological polar surface area (TPSA) is 70.9 Å². The number of aromatic amines is 1. The highest BCUT2D eigenvalue weighted by Crippen LogP contribution is 2.24. The summed E-state index contributed by atoms with van der Waals surface area (Å²) in [6.45, 7) is 4.47. The van der Waals surface area contributed by atoms with Gasteiger partial charge in [0.05, 0.1) is 5.69 Å². The summed E-state index contributed by atoms with van der Waals surface area (Å²) in [6.07, 6.45) is 2.24. The summed E-state index contributed by atoms with van der Waals surface area (Å²) in [5.41, 5.74) is 7.30. The smallest absolute Gasteiger partial charge is 0.225 e. The molecule has 18 heavy (non-hydrogen) atoms. The summed E-state index contributed by atoms with van der Waals surface area (Å²) in [6, 6.07) is 7.88. The molecule has 1 heterocycles. The van der Waals surface area contributed by atoms with E-state index in [4.69, 9.17) is 5.73 Å². The van der Waals surface area contributed by atoms with Gasteiger partial charge in [-0.2, -0.15) is 0 Å². The number of anilines is 1. The van der Waals surface area contributed by atoms with E-state index in [-0.39, 0.29) is 11.3 Å². The lowest BCUT2D eigenvalue weighted by Crippen LogP contribution is -2.29. The minimum absolute atomic E-state index is 0.00444. The fourth-order valence-electron chi connectivity index (χ4n) is 1.88. The predicted molar refractivity (Wildman–Crippen MR) is 74.4 cm³/mol. The lowest BCUT2D eigenvalue weighted by molar-refractivity contribution is -0.117. The van der Waals surface area contributed by atoms with Gasteiger partial charge in [-0.15, -0.1) is 0 Å². The Morgan fingerprint density at radius 1 is 1.39 bits per heavy atom. The number of rotatable bonds is 4. The Bertz CT molecular complexity index is 557. The first-order chi connectivity index (χ1) is 8.52. The Labute approximate surface area is 107 Å². The molecule has 0 saturated heterocycles. The van der Waals surface area contributed by atoms with Crippen LogP contribution in [0.25, 0.3) is 10.9 Å². The van der Waals surface area contributed by atoms with Gasteiger partial charge in [0.15, 0.2) is 0 Å². The van der Waals surface area contributed by atoms with Crippen LogP contribution in [0.15, 0.2) is 30.5 Å². The minimum atomic E-state index is -0.170. The maximum atomic E-state index is 11.9. The van der Waals surface area contributed by atoms with E-state index < -0.39 is 0 Å². The molecule has 0 atom stereocenters. The number of nitrogens with one attached hydrogen (secondary N) is 2. The minimum Gasteiger partial charge on any atom is -0.359 e. The number of benzene rings is 1. The van der Waals surface area contributed by atoms with E-state index in [1.807, 2.05) is 44.3 Å². The Morgan fingerprint density at radius 3 is 2.83 bits per heavy atom. The van der Waals surface area contributed by atoms with Gasteiger partial charge in [0, 0.05) is 23.5 Å². The molecule has 1 aromatic carbocycles. The van der Waals surface area contributed by atoms with Crippen molar-refractivity contribution in [3.8, 4) is 0 Å². The van der Waals surface area contributed by atoms with Crippen LogP contribution in [0.4, 0.5) is 5.69 Å². The molecule has 0 saturated carbocycles. The fraction of sp³-hybridized carbons (Fsp3) is 0.357. The van der Waals surface area contributed by atoms with Crippen molar-refractivity contribution >= 4 is 22.5 Å². The molecule has 4 heteroatoms. The van der Waals surface area contributed by atoms with Crippen LogP contribution in [-0.4, -0.2) is 17.4 Å². The van der Waals surface area contributed by atoms with Crippen molar-refractivity contribution in [1.82, 2.24) is 4.98 Å². The number of para-hydroxylation sites is 1. The highest BCUT2D eigenvalue weighted by molar-refractivity contribution is 6.01. The average molecular weight is 245 g/mol. The molecular weight excluding hydrogens is 226 g/mol. The quantitative estimate of drug-likeness (QED) is 0.774.